The Morgan fingerprint density at radius 2 is 1.33 bits per heavy atom. The normalized spacial score (nSPS) is 13.1. The fraction of sp³-hybridized carbons (Fsp3) is 0.0526. The van der Waals surface area contributed by atoms with Gasteiger partial charge in [0.05, 0.1) is 34.5 Å². The number of hydrogen-bond donors (Lipinski definition) is 0. The number of fused-ring (bicyclic) bond motifs is 8. The van der Waals surface area contributed by atoms with Crippen molar-refractivity contribution in [1.29, 1.82) is 0 Å². The summed E-state index contributed by atoms with van der Waals surface area (Å²) in [5.41, 5.74) is 9.06. The van der Waals surface area contributed by atoms with Crippen molar-refractivity contribution in [1.82, 2.24) is 4.57 Å². The molecule has 4 nitrogen and oxygen atoms in total. The second kappa shape index (κ2) is 9.45. The van der Waals surface area contributed by atoms with Gasteiger partial charge in [-0.15, -0.1) is 0 Å². The van der Waals surface area contributed by atoms with E-state index in [2.05, 4.69) is 149 Å². The lowest BCUT2D eigenvalue weighted by molar-refractivity contribution is 0.669. The summed E-state index contributed by atoms with van der Waals surface area (Å²) in [6, 6.07) is 47.7. The van der Waals surface area contributed by atoms with E-state index in [1.54, 1.807) is 0 Å². The molecule has 43 heavy (non-hydrogen) atoms. The zero-order valence-corrected chi connectivity index (χ0v) is 24.4. The molecule has 206 valence electrons. The van der Waals surface area contributed by atoms with Crippen LogP contribution in [-0.2, 0) is 0 Å². The maximum atomic E-state index is 6.31. The highest BCUT2D eigenvalue weighted by atomic mass is 32.2. The van der Waals surface area contributed by atoms with Gasteiger partial charge in [-0.25, -0.2) is 0 Å². The van der Waals surface area contributed by atoms with E-state index < -0.39 is 0 Å². The van der Waals surface area contributed by atoms with Gasteiger partial charge in [0.15, 0.2) is 0 Å². The summed E-state index contributed by atoms with van der Waals surface area (Å²) in [4.78, 5) is 7.11. The van der Waals surface area contributed by atoms with Gasteiger partial charge in [-0.2, -0.15) is 0 Å². The van der Waals surface area contributed by atoms with Crippen LogP contribution in [0, 0.1) is 0 Å². The summed E-state index contributed by atoms with van der Waals surface area (Å²) < 4.78 is 8.72. The Morgan fingerprint density at radius 3 is 2.23 bits per heavy atom. The SMILES string of the molecule is CN1CN(c2cccc(Sc3ccc4c5ccc6oc7ccccc7c6c5n(-c5ccccc5)c4c3)c2)c2ccccc21. The first-order chi connectivity index (χ1) is 21.2. The molecule has 0 amide bonds. The highest BCUT2D eigenvalue weighted by molar-refractivity contribution is 7.99. The number of para-hydroxylation sites is 4. The van der Waals surface area contributed by atoms with E-state index in [1.165, 1.54) is 48.7 Å². The van der Waals surface area contributed by atoms with Crippen LogP contribution in [0.2, 0.25) is 0 Å². The van der Waals surface area contributed by atoms with Crippen LogP contribution in [0.4, 0.5) is 17.1 Å². The Hall–Kier alpha value is -5.13. The minimum absolute atomic E-state index is 0.841. The van der Waals surface area contributed by atoms with E-state index in [4.69, 9.17) is 4.42 Å². The van der Waals surface area contributed by atoms with Crippen molar-refractivity contribution in [3.8, 4) is 5.69 Å². The molecule has 1 aliphatic heterocycles. The third-order valence-corrected chi connectivity index (χ3v) is 9.54. The van der Waals surface area contributed by atoms with E-state index in [-0.39, 0.29) is 0 Å². The molecular formula is C38H27N3OS. The molecule has 3 heterocycles. The zero-order chi connectivity index (χ0) is 28.5. The molecule has 0 bridgehead atoms. The minimum atomic E-state index is 0.841. The molecule has 0 saturated heterocycles. The summed E-state index contributed by atoms with van der Waals surface area (Å²) in [7, 11) is 2.15. The lowest BCUT2D eigenvalue weighted by Gasteiger charge is -2.20. The Bertz CT molecular complexity index is 2340. The number of furan rings is 1. The Kier molecular flexibility index (Phi) is 5.37. The van der Waals surface area contributed by atoms with Crippen molar-refractivity contribution in [2.24, 2.45) is 0 Å². The Balaban J connectivity index is 1.20. The summed E-state index contributed by atoms with van der Waals surface area (Å²) in [6.45, 7) is 0.841. The molecule has 2 aromatic heterocycles. The van der Waals surface area contributed by atoms with Crippen LogP contribution in [-0.4, -0.2) is 18.3 Å². The fourth-order valence-corrected chi connectivity index (χ4v) is 7.56. The van der Waals surface area contributed by atoms with Gasteiger partial charge in [-0.3, -0.25) is 0 Å². The van der Waals surface area contributed by atoms with Crippen molar-refractivity contribution < 1.29 is 4.42 Å². The number of anilines is 3. The van der Waals surface area contributed by atoms with Crippen LogP contribution in [0.5, 0.6) is 0 Å². The predicted molar refractivity (Wildman–Crippen MR) is 180 cm³/mol. The van der Waals surface area contributed by atoms with Crippen LogP contribution in [0.15, 0.2) is 148 Å². The van der Waals surface area contributed by atoms with Crippen LogP contribution >= 0.6 is 11.8 Å². The lowest BCUT2D eigenvalue weighted by Crippen LogP contribution is -2.23. The maximum absolute atomic E-state index is 6.31. The summed E-state index contributed by atoms with van der Waals surface area (Å²) in [5.74, 6) is 0. The second-order valence-corrected chi connectivity index (χ2v) is 12.3. The summed E-state index contributed by atoms with van der Waals surface area (Å²) >= 11 is 1.81. The van der Waals surface area contributed by atoms with E-state index in [1.807, 2.05) is 17.8 Å². The van der Waals surface area contributed by atoms with Gasteiger partial charge < -0.3 is 18.8 Å². The minimum Gasteiger partial charge on any atom is -0.456 e. The molecule has 0 radical (unpaired) electrons. The quantitative estimate of drug-likeness (QED) is 0.209. The van der Waals surface area contributed by atoms with Gasteiger partial charge in [0, 0.05) is 44.4 Å². The second-order valence-electron chi connectivity index (χ2n) is 11.1. The molecule has 8 aromatic rings. The molecule has 9 rings (SSSR count). The number of aromatic nitrogens is 1. The highest BCUT2D eigenvalue weighted by Crippen LogP contribution is 2.44. The lowest BCUT2D eigenvalue weighted by atomic mass is 10.1. The largest absolute Gasteiger partial charge is 0.456 e. The average molecular weight is 574 g/mol. The van der Waals surface area contributed by atoms with Crippen molar-refractivity contribution in [3.05, 3.63) is 133 Å². The molecule has 0 aliphatic carbocycles. The topological polar surface area (TPSA) is 24.6 Å². The standard InChI is InChI=1S/C38H27N3OS/c1-39-24-40(33-16-7-6-15-32(33)39)26-12-9-13-27(22-26)43-28-18-19-29-30-20-21-36-37(31-14-5-8-17-35(31)42-36)38(30)41(34(29)23-28)25-10-3-2-4-11-25/h2-23H,24H2,1H3. The Labute approximate surface area is 253 Å². The third-order valence-electron chi connectivity index (χ3n) is 8.56. The first kappa shape index (κ1) is 24.5. The average Bonchev–Trinajstić information content (AvgIpc) is 3.70. The van der Waals surface area contributed by atoms with Gasteiger partial charge in [-0.05, 0) is 72.8 Å². The van der Waals surface area contributed by atoms with Crippen LogP contribution in [0.1, 0.15) is 0 Å². The highest BCUT2D eigenvalue weighted by Gasteiger charge is 2.24. The van der Waals surface area contributed by atoms with Crippen molar-refractivity contribution in [2.45, 2.75) is 9.79 Å². The van der Waals surface area contributed by atoms with Gasteiger partial charge in [-0.1, -0.05) is 72.4 Å². The molecule has 6 aromatic carbocycles. The molecule has 1 aliphatic rings. The fourth-order valence-electron chi connectivity index (χ4n) is 6.65. The number of rotatable bonds is 4. The Morgan fingerprint density at radius 1 is 0.581 bits per heavy atom. The van der Waals surface area contributed by atoms with E-state index in [0.717, 1.165) is 34.3 Å². The van der Waals surface area contributed by atoms with Crippen LogP contribution in [0.25, 0.3) is 49.4 Å². The van der Waals surface area contributed by atoms with E-state index in [0.29, 0.717) is 0 Å². The van der Waals surface area contributed by atoms with E-state index >= 15 is 0 Å². The van der Waals surface area contributed by atoms with Crippen molar-refractivity contribution in [2.75, 3.05) is 23.5 Å². The molecule has 0 N–H and O–H groups in total. The molecule has 0 saturated carbocycles. The number of nitrogens with zero attached hydrogens (tertiary/aromatic N) is 3. The summed E-state index contributed by atoms with van der Waals surface area (Å²) in [5, 5.41) is 4.77. The monoisotopic (exact) mass is 573 g/mol. The molecule has 0 spiro atoms. The van der Waals surface area contributed by atoms with Crippen LogP contribution in [0.3, 0.4) is 0 Å². The van der Waals surface area contributed by atoms with Crippen molar-refractivity contribution in [3.63, 3.8) is 0 Å². The molecule has 0 fully saturated rings. The van der Waals surface area contributed by atoms with Gasteiger partial charge in [0.25, 0.3) is 0 Å². The predicted octanol–water partition coefficient (Wildman–Crippen LogP) is 10.4. The van der Waals surface area contributed by atoms with Crippen molar-refractivity contribution >= 4 is 72.6 Å². The first-order valence-corrected chi connectivity index (χ1v) is 15.3. The van der Waals surface area contributed by atoms with Gasteiger partial charge in [0.1, 0.15) is 11.2 Å². The van der Waals surface area contributed by atoms with Gasteiger partial charge >= 0.3 is 0 Å². The first-order valence-electron chi connectivity index (χ1n) is 14.5. The summed E-state index contributed by atoms with van der Waals surface area (Å²) in [6.07, 6.45) is 0. The number of hydrogen-bond acceptors (Lipinski definition) is 4. The third kappa shape index (κ3) is 3.78. The number of benzene rings is 6. The van der Waals surface area contributed by atoms with Crippen LogP contribution < -0.4 is 9.80 Å². The van der Waals surface area contributed by atoms with Gasteiger partial charge in [0.2, 0.25) is 0 Å². The maximum Gasteiger partial charge on any atom is 0.137 e. The molecule has 0 unspecified atom stereocenters. The molecular weight excluding hydrogens is 547 g/mol. The smallest absolute Gasteiger partial charge is 0.137 e. The zero-order valence-electron chi connectivity index (χ0n) is 23.6. The van der Waals surface area contributed by atoms with E-state index in [9.17, 15) is 0 Å². The molecule has 5 heteroatoms. The molecule has 0 atom stereocenters.